The number of hydrogen-bond donors (Lipinski definition) is 2. The zero-order chi connectivity index (χ0) is 17.6. The second kappa shape index (κ2) is 8.20. The van der Waals surface area contributed by atoms with Crippen LogP contribution in [0.3, 0.4) is 0 Å². The summed E-state index contributed by atoms with van der Waals surface area (Å²) in [7, 11) is 0. The predicted octanol–water partition coefficient (Wildman–Crippen LogP) is 5.05. The van der Waals surface area contributed by atoms with Crippen LogP contribution in [0.2, 0.25) is 5.02 Å². The van der Waals surface area contributed by atoms with Crippen molar-refractivity contribution < 1.29 is 4.79 Å². The van der Waals surface area contributed by atoms with Crippen molar-refractivity contribution in [3.63, 3.8) is 0 Å². The van der Waals surface area contributed by atoms with Crippen molar-refractivity contribution in [2.75, 3.05) is 11.9 Å². The molecule has 0 aliphatic heterocycles. The molecule has 0 aliphatic carbocycles. The van der Waals surface area contributed by atoms with Crippen molar-refractivity contribution in [1.82, 2.24) is 5.32 Å². The normalized spacial score (nSPS) is 12.5. The molecular weight excluding hydrogens is 320 g/mol. The van der Waals surface area contributed by atoms with E-state index in [1.807, 2.05) is 63.2 Å². The number of amides is 1. The van der Waals surface area contributed by atoms with E-state index in [4.69, 9.17) is 11.6 Å². The highest BCUT2D eigenvalue weighted by Gasteiger charge is 2.21. The SMILES string of the molecule is CC(C)(C)C(=O)NCCC(Nc1cccc(Cl)c1)c1ccccc1. The van der Waals surface area contributed by atoms with Gasteiger partial charge in [-0.3, -0.25) is 4.79 Å². The minimum absolute atomic E-state index is 0.0667. The third kappa shape index (κ3) is 5.57. The van der Waals surface area contributed by atoms with Gasteiger partial charge < -0.3 is 10.6 Å². The van der Waals surface area contributed by atoms with Crippen LogP contribution in [0.1, 0.15) is 38.8 Å². The predicted molar refractivity (Wildman–Crippen MR) is 101 cm³/mol. The van der Waals surface area contributed by atoms with Crippen molar-refractivity contribution >= 4 is 23.2 Å². The third-order valence-corrected chi connectivity index (χ3v) is 4.00. The smallest absolute Gasteiger partial charge is 0.225 e. The Bertz CT molecular complexity index is 665. The Balaban J connectivity index is 2.05. The molecule has 2 rings (SSSR count). The minimum atomic E-state index is -0.372. The van der Waals surface area contributed by atoms with E-state index in [1.54, 1.807) is 0 Å². The van der Waals surface area contributed by atoms with Gasteiger partial charge in [0.1, 0.15) is 0 Å². The second-order valence-corrected chi connectivity index (χ2v) is 7.35. The fourth-order valence-corrected chi connectivity index (χ4v) is 2.57. The fourth-order valence-electron chi connectivity index (χ4n) is 2.38. The molecule has 0 bridgehead atoms. The molecule has 1 atom stereocenters. The van der Waals surface area contributed by atoms with Crippen molar-refractivity contribution in [2.24, 2.45) is 5.41 Å². The zero-order valence-electron chi connectivity index (χ0n) is 14.5. The van der Waals surface area contributed by atoms with Gasteiger partial charge in [-0.2, -0.15) is 0 Å². The largest absolute Gasteiger partial charge is 0.378 e. The average molecular weight is 345 g/mol. The number of rotatable bonds is 6. The summed E-state index contributed by atoms with van der Waals surface area (Å²) in [5.74, 6) is 0.0667. The first-order valence-corrected chi connectivity index (χ1v) is 8.59. The molecule has 0 saturated heterocycles. The summed E-state index contributed by atoms with van der Waals surface area (Å²) in [6, 6.07) is 18.0. The third-order valence-electron chi connectivity index (χ3n) is 3.77. The maximum absolute atomic E-state index is 12.0. The maximum atomic E-state index is 12.0. The monoisotopic (exact) mass is 344 g/mol. The van der Waals surface area contributed by atoms with E-state index in [0.717, 1.165) is 12.1 Å². The lowest BCUT2D eigenvalue weighted by Crippen LogP contribution is -2.36. The Morgan fingerprint density at radius 1 is 1.08 bits per heavy atom. The molecule has 1 amide bonds. The summed E-state index contributed by atoms with van der Waals surface area (Å²) in [6.07, 6.45) is 0.790. The maximum Gasteiger partial charge on any atom is 0.225 e. The van der Waals surface area contributed by atoms with Crippen molar-refractivity contribution in [3.8, 4) is 0 Å². The molecule has 0 spiro atoms. The van der Waals surface area contributed by atoms with Crippen LogP contribution >= 0.6 is 11.6 Å². The summed E-state index contributed by atoms with van der Waals surface area (Å²) in [6.45, 7) is 6.37. The van der Waals surface area contributed by atoms with Gasteiger partial charge in [0.25, 0.3) is 0 Å². The van der Waals surface area contributed by atoms with Crippen LogP contribution in [-0.4, -0.2) is 12.5 Å². The highest BCUT2D eigenvalue weighted by molar-refractivity contribution is 6.30. The second-order valence-electron chi connectivity index (χ2n) is 6.91. The first kappa shape index (κ1) is 18.3. The van der Waals surface area contributed by atoms with Crippen LogP contribution in [0, 0.1) is 5.41 Å². The number of benzene rings is 2. The lowest BCUT2D eigenvalue weighted by Gasteiger charge is -2.23. The highest BCUT2D eigenvalue weighted by atomic mass is 35.5. The summed E-state index contributed by atoms with van der Waals surface area (Å²) in [4.78, 5) is 12.0. The quantitative estimate of drug-likeness (QED) is 0.770. The summed E-state index contributed by atoms with van der Waals surface area (Å²) in [5.41, 5.74) is 1.78. The van der Waals surface area contributed by atoms with Crippen LogP contribution in [-0.2, 0) is 4.79 Å². The first-order chi connectivity index (χ1) is 11.4. The molecule has 0 heterocycles. The van der Waals surface area contributed by atoms with Crippen LogP contribution in [0.5, 0.6) is 0 Å². The lowest BCUT2D eigenvalue weighted by atomic mass is 9.95. The van der Waals surface area contributed by atoms with E-state index in [2.05, 4.69) is 22.8 Å². The van der Waals surface area contributed by atoms with Gasteiger partial charge in [0.05, 0.1) is 6.04 Å². The van der Waals surface area contributed by atoms with Crippen LogP contribution in [0.4, 0.5) is 5.69 Å². The number of hydrogen-bond acceptors (Lipinski definition) is 2. The molecule has 0 aromatic heterocycles. The summed E-state index contributed by atoms with van der Waals surface area (Å²) < 4.78 is 0. The fraction of sp³-hybridized carbons (Fsp3) is 0.350. The number of halogens is 1. The number of carbonyl (C=O) groups excluding carboxylic acids is 1. The average Bonchev–Trinajstić information content (AvgIpc) is 2.54. The van der Waals surface area contributed by atoms with E-state index in [1.165, 1.54) is 5.56 Å². The molecule has 2 aromatic rings. The van der Waals surface area contributed by atoms with Gasteiger partial charge in [-0.25, -0.2) is 0 Å². The van der Waals surface area contributed by atoms with Crippen molar-refractivity contribution in [1.29, 1.82) is 0 Å². The molecular formula is C20H25ClN2O. The first-order valence-electron chi connectivity index (χ1n) is 8.21. The van der Waals surface area contributed by atoms with Gasteiger partial charge in [-0.05, 0) is 30.2 Å². The van der Waals surface area contributed by atoms with E-state index < -0.39 is 0 Å². The van der Waals surface area contributed by atoms with Gasteiger partial charge in [0.15, 0.2) is 0 Å². The van der Waals surface area contributed by atoms with E-state index >= 15 is 0 Å². The van der Waals surface area contributed by atoms with Gasteiger partial charge >= 0.3 is 0 Å². The molecule has 0 saturated carbocycles. The van der Waals surface area contributed by atoms with E-state index in [9.17, 15) is 4.79 Å². The molecule has 24 heavy (non-hydrogen) atoms. The topological polar surface area (TPSA) is 41.1 Å². The molecule has 0 aliphatic rings. The van der Waals surface area contributed by atoms with Crippen LogP contribution in [0.15, 0.2) is 54.6 Å². The van der Waals surface area contributed by atoms with Gasteiger partial charge in [0.2, 0.25) is 5.91 Å². The Kier molecular flexibility index (Phi) is 6.27. The Morgan fingerprint density at radius 3 is 2.42 bits per heavy atom. The number of carbonyl (C=O) groups is 1. The summed E-state index contributed by atoms with van der Waals surface area (Å²) in [5, 5.41) is 7.23. The van der Waals surface area contributed by atoms with Gasteiger partial charge in [0, 0.05) is 22.7 Å². The lowest BCUT2D eigenvalue weighted by molar-refractivity contribution is -0.128. The number of nitrogens with one attached hydrogen (secondary N) is 2. The molecule has 0 fully saturated rings. The van der Waals surface area contributed by atoms with E-state index in [-0.39, 0.29) is 17.4 Å². The molecule has 3 nitrogen and oxygen atoms in total. The molecule has 4 heteroatoms. The molecule has 2 N–H and O–H groups in total. The molecule has 1 unspecified atom stereocenters. The summed E-state index contributed by atoms with van der Waals surface area (Å²) >= 11 is 6.07. The van der Waals surface area contributed by atoms with E-state index in [0.29, 0.717) is 11.6 Å². The zero-order valence-corrected chi connectivity index (χ0v) is 15.2. The van der Waals surface area contributed by atoms with Crippen LogP contribution < -0.4 is 10.6 Å². The van der Waals surface area contributed by atoms with Crippen molar-refractivity contribution in [2.45, 2.75) is 33.2 Å². The Hall–Kier alpha value is -2.00. The van der Waals surface area contributed by atoms with Crippen LogP contribution in [0.25, 0.3) is 0 Å². The highest BCUT2D eigenvalue weighted by Crippen LogP contribution is 2.24. The molecule has 0 radical (unpaired) electrons. The standard InChI is InChI=1S/C20H25ClN2O/c1-20(2,3)19(24)22-13-12-18(15-8-5-4-6-9-15)23-17-11-7-10-16(21)14-17/h4-11,14,18,23H,12-13H2,1-3H3,(H,22,24). The van der Waals surface area contributed by atoms with Gasteiger partial charge in [-0.1, -0.05) is 68.8 Å². The Labute approximate surface area is 149 Å². The minimum Gasteiger partial charge on any atom is -0.378 e. The molecule has 128 valence electrons. The molecule has 2 aromatic carbocycles. The van der Waals surface area contributed by atoms with Crippen molar-refractivity contribution in [3.05, 3.63) is 65.2 Å². The number of anilines is 1. The van der Waals surface area contributed by atoms with Gasteiger partial charge in [-0.15, -0.1) is 0 Å². The Morgan fingerprint density at radius 2 is 1.79 bits per heavy atom.